The first-order valence-electron chi connectivity index (χ1n) is 7.95. The molecule has 21 heavy (non-hydrogen) atoms. The van der Waals surface area contributed by atoms with Crippen LogP contribution < -0.4 is 5.32 Å². The van der Waals surface area contributed by atoms with E-state index in [9.17, 15) is 5.11 Å². The number of halogens is 1. The number of rotatable bonds is 5. The number of aromatic hydroxyl groups is 1. The van der Waals surface area contributed by atoms with Crippen molar-refractivity contribution in [2.24, 2.45) is 5.92 Å². The van der Waals surface area contributed by atoms with Crippen molar-refractivity contribution in [2.75, 3.05) is 19.6 Å². The Bertz CT molecular complexity index is 454. The molecule has 4 heteroatoms. The van der Waals surface area contributed by atoms with Gasteiger partial charge in [-0.1, -0.05) is 17.7 Å². The van der Waals surface area contributed by atoms with Gasteiger partial charge in [-0.3, -0.25) is 4.90 Å². The molecule has 0 aromatic heterocycles. The van der Waals surface area contributed by atoms with Crippen LogP contribution in [0.25, 0.3) is 0 Å². The topological polar surface area (TPSA) is 35.5 Å². The van der Waals surface area contributed by atoms with E-state index < -0.39 is 0 Å². The summed E-state index contributed by atoms with van der Waals surface area (Å²) in [7, 11) is 0. The van der Waals surface area contributed by atoms with E-state index in [1.54, 1.807) is 0 Å². The lowest BCUT2D eigenvalue weighted by Crippen LogP contribution is -2.42. The standard InChI is InChI=1S/C17H26N2O.ClH/c1-13-2-5-17(20)15(10-13)12-19-8-6-16(7-9-19)18-11-14-3-4-14;/h2,5,10,14,16,18,20H,3-4,6-9,11-12H2,1H3;1H. The highest BCUT2D eigenvalue weighted by Crippen LogP contribution is 2.28. The SMILES string of the molecule is Cc1ccc(O)c(CN2CCC(NCC3CC3)CC2)c1.Cl. The van der Waals surface area contributed by atoms with Crippen LogP contribution in [0.1, 0.15) is 36.8 Å². The van der Waals surface area contributed by atoms with Gasteiger partial charge < -0.3 is 10.4 Å². The minimum atomic E-state index is 0. The van der Waals surface area contributed by atoms with Crippen LogP contribution in [0, 0.1) is 12.8 Å². The summed E-state index contributed by atoms with van der Waals surface area (Å²) in [6, 6.07) is 6.59. The van der Waals surface area contributed by atoms with Crippen LogP contribution in [0.15, 0.2) is 18.2 Å². The fraction of sp³-hybridized carbons (Fsp3) is 0.647. The van der Waals surface area contributed by atoms with Crippen molar-refractivity contribution in [2.45, 2.75) is 45.2 Å². The summed E-state index contributed by atoms with van der Waals surface area (Å²) in [5.41, 5.74) is 2.29. The molecule has 2 N–H and O–H groups in total. The number of nitrogens with zero attached hydrogens (tertiary/aromatic N) is 1. The molecule has 1 saturated carbocycles. The normalized spacial score (nSPS) is 20.2. The lowest BCUT2D eigenvalue weighted by Gasteiger charge is -2.32. The largest absolute Gasteiger partial charge is 0.508 e. The smallest absolute Gasteiger partial charge is 0.120 e. The second-order valence-corrected chi connectivity index (χ2v) is 6.53. The Hall–Kier alpha value is -0.770. The summed E-state index contributed by atoms with van der Waals surface area (Å²) in [6.07, 6.45) is 5.33. The fourth-order valence-corrected chi connectivity index (χ4v) is 3.03. The summed E-state index contributed by atoms with van der Waals surface area (Å²) in [6.45, 7) is 6.45. The van der Waals surface area contributed by atoms with Gasteiger partial charge in [0.2, 0.25) is 0 Å². The highest BCUT2D eigenvalue weighted by molar-refractivity contribution is 5.85. The van der Waals surface area contributed by atoms with E-state index in [1.807, 2.05) is 12.1 Å². The quantitative estimate of drug-likeness (QED) is 0.877. The van der Waals surface area contributed by atoms with Crippen LogP contribution in [0.3, 0.4) is 0 Å². The van der Waals surface area contributed by atoms with Gasteiger partial charge in [0.15, 0.2) is 0 Å². The number of aryl methyl sites for hydroxylation is 1. The van der Waals surface area contributed by atoms with Crippen molar-refractivity contribution in [1.29, 1.82) is 0 Å². The molecule has 0 bridgehead atoms. The molecule has 2 aliphatic rings. The van der Waals surface area contributed by atoms with Gasteiger partial charge in [-0.2, -0.15) is 0 Å². The van der Waals surface area contributed by atoms with Crippen LogP contribution in [0.2, 0.25) is 0 Å². The van der Waals surface area contributed by atoms with E-state index >= 15 is 0 Å². The van der Waals surface area contributed by atoms with Gasteiger partial charge in [0.25, 0.3) is 0 Å². The van der Waals surface area contributed by atoms with Gasteiger partial charge >= 0.3 is 0 Å². The molecule has 3 nitrogen and oxygen atoms in total. The third-order valence-corrected chi connectivity index (χ3v) is 4.61. The Morgan fingerprint density at radius 1 is 1.19 bits per heavy atom. The number of nitrogens with one attached hydrogen (secondary N) is 1. The summed E-state index contributed by atoms with van der Waals surface area (Å²) >= 11 is 0. The number of hydrogen-bond donors (Lipinski definition) is 2. The van der Waals surface area contributed by atoms with Crippen LogP contribution in [0.4, 0.5) is 0 Å². The average Bonchev–Trinajstić information content (AvgIpc) is 3.26. The average molecular weight is 311 g/mol. The summed E-state index contributed by atoms with van der Waals surface area (Å²) in [5.74, 6) is 1.40. The zero-order chi connectivity index (χ0) is 13.9. The highest BCUT2D eigenvalue weighted by Gasteiger charge is 2.24. The van der Waals surface area contributed by atoms with Gasteiger partial charge in [-0.25, -0.2) is 0 Å². The Kier molecular flexibility index (Phi) is 5.91. The second-order valence-electron chi connectivity index (χ2n) is 6.53. The Morgan fingerprint density at radius 3 is 2.57 bits per heavy atom. The number of likely N-dealkylation sites (tertiary alicyclic amines) is 1. The lowest BCUT2D eigenvalue weighted by molar-refractivity contribution is 0.188. The van der Waals surface area contributed by atoms with Crippen LogP contribution in [-0.2, 0) is 6.54 Å². The first-order valence-corrected chi connectivity index (χ1v) is 7.95. The zero-order valence-electron chi connectivity index (χ0n) is 12.8. The van der Waals surface area contributed by atoms with E-state index in [0.717, 1.165) is 31.1 Å². The van der Waals surface area contributed by atoms with Crippen LogP contribution >= 0.6 is 12.4 Å². The van der Waals surface area contributed by atoms with Crippen LogP contribution in [0.5, 0.6) is 5.75 Å². The van der Waals surface area contributed by atoms with Crippen molar-refractivity contribution < 1.29 is 5.11 Å². The third-order valence-electron chi connectivity index (χ3n) is 4.61. The summed E-state index contributed by atoms with van der Waals surface area (Å²) < 4.78 is 0. The first kappa shape index (κ1) is 16.6. The molecule has 0 spiro atoms. The van der Waals surface area contributed by atoms with E-state index in [2.05, 4.69) is 23.2 Å². The molecule has 0 radical (unpaired) electrons. The molecule has 1 aliphatic heterocycles. The maximum Gasteiger partial charge on any atom is 0.120 e. The number of benzene rings is 1. The van der Waals surface area contributed by atoms with Gasteiger partial charge in [0, 0.05) is 18.2 Å². The predicted octanol–water partition coefficient (Wildman–Crippen LogP) is 3.09. The third kappa shape index (κ3) is 4.87. The van der Waals surface area contributed by atoms with Crippen molar-refractivity contribution >= 4 is 12.4 Å². The van der Waals surface area contributed by atoms with Gasteiger partial charge in [-0.15, -0.1) is 12.4 Å². The number of phenolic OH excluding ortho intramolecular Hbond substituents is 1. The van der Waals surface area contributed by atoms with Crippen LogP contribution in [-0.4, -0.2) is 35.7 Å². The molecule has 1 aliphatic carbocycles. The second kappa shape index (κ2) is 7.48. The van der Waals surface area contributed by atoms with E-state index in [-0.39, 0.29) is 12.4 Å². The monoisotopic (exact) mass is 310 g/mol. The molecule has 0 amide bonds. The lowest BCUT2D eigenvalue weighted by atomic mass is 10.0. The molecular formula is C17H27ClN2O. The predicted molar refractivity (Wildman–Crippen MR) is 89.1 cm³/mol. The molecule has 2 fully saturated rings. The molecule has 0 atom stereocenters. The maximum absolute atomic E-state index is 9.93. The minimum absolute atomic E-state index is 0. The summed E-state index contributed by atoms with van der Waals surface area (Å²) in [4.78, 5) is 2.46. The summed E-state index contributed by atoms with van der Waals surface area (Å²) in [5, 5.41) is 13.6. The van der Waals surface area contributed by atoms with Gasteiger partial charge in [0.1, 0.15) is 5.75 Å². The molecule has 1 heterocycles. The number of phenols is 1. The van der Waals surface area contributed by atoms with Crippen molar-refractivity contribution in [3.8, 4) is 5.75 Å². The van der Waals surface area contributed by atoms with Gasteiger partial charge in [0.05, 0.1) is 0 Å². The maximum atomic E-state index is 9.93. The van der Waals surface area contributed by atoms with Crippen molar-refractivity contribution in [3.05, 3.63) is 29.3 Å². The molecule has 1 aromatic carbocycles. The molecule has 1 saturated heterocycles. The Balaban J connectivity index is 0.00000161. The zero-order valence-corrected chi connectivity index (χ0v) is 13.7. The first-order chi connectivity index (χ1) is 9.70. The van der Waals surface area contributed by atoms with E-state index in [4.69, 9.17) is 0 Å². The minimum Gasteiger partial charge on any atom is -0.508 e. The Labute approximate surface area is 134 Å². The van der Waals surface area contributed by atoms with E-state index in [0.29, 0.717) is 11.8 Å². The molecule has 118 valence electrons. The van der Waals surface area contributed by atoms with Crippen molar-refractivity contribution in [1.82, 2.24) is 10.2 Å². The van der Waals surface area contributed by atoms with Crippen molar-refractivity contribution in [3.63, 3.8) is 0 Å². The van der Waals surface area contributed by atoms with Gasteiger partial charge in [-0.05, 0) is 64.2 Å². The molecule has 1 aromatic rings. The molecule has 0 unspecified atom stereocenters. The Morgan fingerprint density at radius 2 is 1.90 bits per heavy atom. The number of hydrogen-bond acceptors (Lipinski definition) is 3. The van der Waals surface area contributed by atoms with E-state index in [1.165, 1.54) is 37.8 Å². The molecular weight excluding hydrogens is 284 g/mol. The highest BCUT2D eigenvalue weighted by atomic mass is 35.5. The fourth-order valence-electron chi connectivity index (χ4n) is 3.03. The molecule has 3 rings (SSSR count). The number of piperidine rings is 1.